The van der Waals surface area contributed by atoms with Crippen LogP contribution < -0.4 is 5.56 Å². The molecule has 76 valence electrons. The van der Waals surface area contributed by atoms with Crippen LogP contribution in [0.4, 0.5) is 4.39 Å². The number of halogens is 2. The fraction of sp³-hybridized carbons (Fsp3) is 0. The van der Waals surface area contributed by atoms with E-state index in [1.165, 1.54) is 24.4 Å². The highest BCUT2D eigenvalue weighted by Crippen LogP contribution is 2.15. The Morgan fingerprint density at radius 1 is 1.40 bits per heavy atom. The van der Waals surface area contributed by atoms with Crippen LogP contribution in [-0.2, 0) is 0 Å². The molecule has 1 N–H and O–H groups in total. The summed E-state index contributed by atoms with van der Waals surface area (Å²) in [6, 6.07) is 5.73. The Morgan fingerprint density at radius 3 is 2.87 bits per heavy atom. The van der Waals surface area contributed by atoms with E-state index in [-0.39, 0.29) is 10.8 Å². The van der Waals surface area contributed by atoms with E-state index in [0.717, 1.165) is 0 Å². The zero-order valence-electron chi connectivity index (χ0n) is 7.50. The standard InChI is InChI=1S/C10H6ClFN2O/c11-10-13-5-8(9(15)14-10)6-2-1-3-7(12)4-6/h1-5H,(H,13,14,15). The van der Waals surface area contributed by atoms with Gasteiger partial charge in [0, 0.05) is 6.20 Å². The second-order valence-corrected chi connectivity index (χ2v) is 3.29. The molecule has 1 aromatic carbocycles. The third-order valence-corrected chi connectivity index (χ3v) is 2.10. The third kappa shape index (κ3) is 2.05. The molecule has 0 aliphatic heterocycles. The van der Waals surface area contributed by atoms with Crippen LogP contribution in [0.1, 0.15) is 0 Å². The summed E-state index contributed by atoms with van der Waals surface area (Å²) < 4.78 is 12.9. The van der Waals surface area contributed by atoms with E-state index < -0.39 is 5.82 Å². The van der Waals surface area contributed by atoms with Gasteiger partial charge in [0.15, 0.2) is 0 Å². The van der Waals surface area contributed by atoms with Crippen molar-refractivity contribution < 1.29 is 4.39 Å². The van der Waals surface area contributed by atoms with Gasteiger partial charge in [0.25, 0.3) is 5.56 Å². The van der Waals surface area contributed by atoms with Crippen molar-refractivity contribution in [3.63, 3.8) is 0 Å². The van der Waals surface area contributed by atoms with Gasteiger partial charge in [-0.25, -0.2) is 9.37 Å². The Hall–Kier alpha value is -1.68. The van der Waals surface area contributed by atoms with Gasteiger partial charge in [0.1, 0.15) is 5.82 Å². The average Bonchev–Trinajstić information content (AvgIpc) is 2.17. The molecule has 15 heavy (non-hydrogen) atoms. The zero-order chi connectivity index (χ0) is 10.8. The van der Waals surface area contributed by atoms with Crippen molar-refractivity contribution in [2.75, 3.05) is 0 Å². The smallest absolute Gasteiger partial charge is 0.259 e. The lowest BCUT2D eigenvalue weighted by atomic mass is 10.1. The summed E-state index contributed by atoms with van der Waals surface area (Å²) in [6.45, 7) is 0. The first kappa shape index (κ1) is 9.86. The summed E-state index contributed by atoms with van der Waals surface area (Å²) in [4.78, 5) is 17.5. The molecule has 0 spiro atoms. The highest BCUT2D eigenvalue weighted by atomic mass is 35.5. The summed E-state index contributed by atoms with van der Waals surface area (Å²) in [5, 5.41) is 0.0140. The molecule has 0 aliphatic rings. The Balaban J connectivity index is 2.59. The molecule has 0 amide bonds. The van der Waals surface area contributed by atoms with Gasteiger partial charge >= 0.3 is 0 Å². The minimum Gasteiger partial charge on any atom is -0.297 e. The Labute approximate surface area is 89.6 Å². The van der Waals surface area contributed by atoms with Gasteiger partial charge < -0.3 is 0 Å². The summed E-state index contributed by atoms with van der Waals surface area (Å²) in [5.41, 5.74) is 0.375. The number of benzene rings is 1. The molecule has 0 saturated carbocycles. The molecule has 1 heterocycles. The lowest BCUT2D eigenvalue weighted by Gasteiger charge is -1.99. The molecule has 5 heteroatoms. The molecule has 0 bridgehead atoms. The van der Waals surface area contributed by atoms with Crippen molar-refractivity contribution in [3.05, 3.63) is 51.9 Å². The van der Waals surface area contributed by atoms with Crippen molar-refractivity contribution in [2.45, 2.75) is 0 Å². The zero-order valence-corrected chi connectivity index (χ0v) is 8.25. The Kier molecular flexibility index (Phi) is 2.51. The van der Waals surface area contributed by atoms with Crippen LogP contribution in [-0.4, -0.2) is 9.97 Å². The van der Waals surface area contributed by atoms with Crippen LogP contribution >= 0.6 is 11.6 Å². The summed E-state index contributed by atoms with van der Waals surface area (Å²) in [7, 11) is 0. The van der Waals surface area contributed by atoms with Gasteiger partial charge in [-0.05, 0) is 29.3 Å². The molecule has 2 aromatic rings. The van der Waals surface area contributed by atoms with Gasteiger partial charge in [0.2, 0.25) is 5.28 Å². The number of H-pyrrole nitrogens is 1. The predicted octanol–water partition coefficient (Wildman–Crippen LogP) is 2.23. The van der Waals surface area contributed by atoms with Crippen molar-refractivity contribution >= 4 is 11.6 Å². The molecule has 1 aromatic heterocycles. The van der Waals surface area contributed by atoms with Gasteiger partial charge in [0.05, 0.1) is 5.56 Å². The first-order valence-electron chi connectivity index (χ1n) is 4.17. The molecular formula is C10H6ClFN2O. The maximum absolute atomic E-state index is 12.9. The number of nitrogens with zero attached hydrogens (tertiary/aromatic N) is 1. The molecule has 2 rings (SSSR count). The van der Waals surface area contributed by atoms with Crippen LogP contribution in [0.3, 0.4) is 0 Å². The van der Waals surface area contributed by atoms with Crippen LogP contribution in [0.5, 0.6) is 0 Å². The summed E-state index contributed by atoms with van der Waals surface area (Å²) >= 11 is 5.49. The van der Waals surface area contributed by atoms with Crippen molar-refractivity contribution in [1.82, 2.24) is 9.97 Å². The van der Waals surface area contributed by atoms with Crippen LogP contribution in [0.2, 0.25) is 5.28 Å². The molecule has 0 atom stereocenters. The van der Waals surface area contributed by atoms with E-state index >= 15 is 0 Å². The van der Waals surface area contributed by atoms with Gasteiger partial charge in [-0.1, -0.05) is 12.1 Å². The molecule has 3 nitrogen and oxygen atoms in total. The normalized spacial score (nSPS) is 10.3. The fourth-order valence-electron chi connectivity index (χ4n) is 1.23. The van der Waals surface area contributed by atoms with Gasteiger partial charge in [-0.2, -0.15) is 0 Å². The lowest BCUT2D eigenvalue weighted by Crippen LogP contribution is -2.09. The Bertz CT molecular complexity index is 553. The summed E-state index contributed by atoms with van der Waals surface area (Å²) in [6.07, 6.45) is 1.32. The van der Waals surface area contributed by atoms with E-state index in [2.05, 4.69) is 9.97 Å². The van der Waals surface area contributed by atoms with E-state index in [9.17, 15) is 9.18 Å². The largest absolute Gasteiger partial charge is 0.297 e. The van der Waals surface area contributed by atoms with Crippen LogP contribution in [0, 0.1) is 5.82 Å². The van der Waals surface area contributed by atoms with Gasteiger partial charge in [-0.3, -0.25) is 9.78 Å². The first-order chi connectivity index (χ1) is 7.16. The maximum atomic E-state index is 12.9. The molecule has 0 fully saturated rings. The van der Waals surface area contributed by atoms with Crippen LogP contribution in [0.25, 0.3) is 11.1 Å². The second kappa shape index (κ2) is 3.82. The Morgan fingerprint density at radius 2 is 2.20 bits per heavy atom. The molecule has 0 unspecified atom stereocenters. The number of hydrogen-bond donors (Lipinski definition) is 1. The maximum Gasteiger partial charge on any atom is 0.259 e. The highest BCUT2D eigenvalue weighted by Gasteiger charge is 2.04. The van der Waals surface area contributed by atoms with E-state index in [0.29, 0.717) is 11.1 Å². The average molecular weight is 225 g/mol. The number of nitrogens with one attached hydrogen (secondary N) is 1. The van der Waals surface area contributed by atoms with E-state index in [1.807, 2.05) is 0 Å². The van der Waals surface area contributed by atoms with Crippen molar-refractivity contribution in [2.24, 2.45) is 0 Å². The number of aromatic amines is 1. The molecule has 0 radical (unpaired) electrons. The van der Waals surface area contributed by atoms with E-state index in [4.69, 9.17) is 11.6 Å². The number of aromatic nitrogens is 2. The van der Waals surface area contributed by atoms with E-state index in [1.54, 1.807) is 6.07 Å². The first-order valence-corrected chi connectivity index (χ1v) is 4.55. The number of rotatable bonds is 1. The SMILES string of the molecule is O=c1[nH]c(Cl)ncc1-c1cccc(F)c1. The monoisotopic (exact) mass is 224 g/mol. The predicted molar refractivity (Wildman–Crippen MR) is 55.3 cm³/mol. The minimum absolute atomic E-state index is 0.0140. The van der Waals surface area contributed by atoms with Gasteiger partial charge in [-0.15, -0.1) is 0 Å². The lowest BCUT2D eigenvalue weighted by molar-refractivity contribution is 0.628. The van der Waals surface area contributed by atoms with Crippen molar-refractivity contribution in [3.8, 4) is 11.1 Å². The van der Waals surface area contributed by atoms with Crippen LogP contribution in [0.15, 0.2) is 35.3 Å². The number of hydrogen-bond acceptors (Lipinski definition) is 2. The second-order valence-electron chi connectivity index (χ2n) is 2.93. The highest BCUT2D eigenvalue weighted by molar-refractivity contribution is 6.28. The topological polar surface area (TPSA) is 45.8 Å². The summed E-state index contributed by atoms with van der Waals surface area (Å²) in [5.74, 6) is -0.401. The molecule has 0 aliphatic carbocycles. The molecular weight excluding hydrogens is 219 g/mol. The minimum atomic E-state index is -0.401. The fourth-order valence-corrected chi connectivity index (χ4v) is 1.37. The van der Waals surface area contributed by atoms with Crippen molar-refractivity contribution in [1.29, 1.82) is 0 Å². The third-order valence-electron chi connectivity index (χ3n) is 1.90. The quantitative estimate of drug-likeness (QED) is 0.755. The molecule has 0 saturated heterocycles.